The molecule has 0 saturated heterocycles. The summed E-state index contributed by atoms with van der Waals surface area (Å²) in [6, 6.07) is 6.90. The molecule has 1 aliphatic rings. The highest BCUT2D eigenvalue weighted by atomic mass is 32.2. The number of H-pyrrole nitrogens is 1. The molecule has 6 nitrogen and oxygen atoms in total. The summed E-state index contributed by atoms with van der Waals surface area (Å²) in [6.45, 7) is 1.12. The molecule has 0 spiro atoms. The van der Waals surface area contributed by atoms with Crippen LogP contribution in [0.15, 0.2) is 40.4 Å². The van der Waals surface area contributed by atoms with Crippen molar-refractivity contribution >= 4 is 11.8 Å². The fraction of sp³-hybridized carbons (Fsp3) is 0.286. The van der Waals surface area contributed by atoms with Crippen LogP contribution in [0.25, 0.3) is 0 Å². The molecule has 0 aliphatic carbocycles. The van der Waals surface area contributed by atoms with Crippen LogP contribution < -0.4 is 20.8 Å². The van der Waals surface area contributed by atoms with Crippen LogP contribution in [0.1, 0.15) is 11.6 Å². The second-order valence-electron chi connectivity index (χ2n) is 4.56. The lowest BCUT2D eigenvalue weighted by molar-refractivity contribution is 0.171. The normalized spacial score (nSPS) is 14.7. The van der Waals surface area contributed by atoms with Gasteiger partial charge in [0.05, 0.1) is 0 Å². The maximum absolute atomic E-state index is 11.2. The van der Waals surface area contributed by atoms with E-state index in [2.05, 4.69) is 9.97 Å². The van der Waals surface area contributed by atoms with Crippen LogP contribution in [-0.4, -0.2) is 28.9 Å². The number of benzene rings is 1. The van der Waals surface area contributed by atoms with Gasteiger partial charge in [0.15, 0.2) is 16.7 Å². The number of rotatable bonds is 4. The topological polar surface area (TPSA) is 90.2 Å². The fourth-order valence-electron chi connectivity index (χ4n) is 1.98. The SMILES string of the molecule is NC(CSc1nccc(=O)[nH]1)c1ccc2c(c1)OCCO2. The molecule has 21 heavy (non-hydrogen) atoms. The van der Waals surface area contributed by atoms with Gasteiger partial charge < -0.3 is 20.2 Å². The third-order valence-corrected chi connectivity index (χ3v) is 4.05. The summed E-state index contributed by atoms with van der Waals surface area (Å²) in [5.74, 6) is 2.08. The van der Waals surface area contributed by atoms with Crippen LogP contribution in [0.3, 0.4) is 0 Å². The van der Waals surface area contributed by atoms with Crippen LogP contribution in [0, 0.1) is 0 Å². The van der Waals surface area contributed by atoms with Crippen molar-refractivity contribution in [2.45, 2.75) is 11.2 Å². The lowest BCUT2D eigenvalue weighted by Crippen LogP contribution is -2.17. The van der Waals surface area contributed by atoms with Gasteiger partial charge in [0.1, 0.15) is 13.2 Å². The lowest BCUT2D eigenvalue weighted by Gasteiger charge is -2.20. The number of hydrogen-bond donors (Lipinski definition) is 2. The predicted octanol–water partition coefficient (Wildman–Crippen LogP) is 1.33. The summed E-state index contributed by atoms with van der Waals surface area (Å²) in [5, 5.41) is 0.565. The van der Waals surface area contributed by atoms with Crippen LogP contribution >= 0.6 is 11.8 Å². The van der Waals surface area contributed by atoms with Gasteiger partial charge in [-0.3, -0.25) is 4.79 Å². The van der Waals surface area contributed by atoms with Gasteiger partial charge in [0.25, 0.3) is 5.56 Å². The second-order valence-corrected chi connectivity index (χ2v) is 5.57. The number of nitrogens with two attached hydrogens (primary N) is 1. The second kappa shape index (κ2) is 6.19. The molecular formula is C14H15N3O3S. The van der Waals surface area contributed by atoms with Crippen molar-refractivity contribution in [3.63, 3.8) is 0 Å². The maximum Gasteiger partial charge on any atom is 0.251 e. The quantitative estimate of drug-likeness (QED) is 0.654. The van der Waals surface area contributed by atoms with E-state index in [9.17, 15) is 4.79 Å². The van der Waals surface area contributed by atoms with E-state index in [0.29, 0.717) is 24.1 Å². The molecule has 0 fully saturated rings. The third-order valence-electron chi connectivity index (χ3n) is 3.04. The fourth-order valence-corrected chi connectivity index (χ4v) is 2.82. The highest BCUT2D eigenvalue weighted by Crippen LogP contribution is 2.33. The maximum atomic E-state index is 11.2. The largest absolute Gasteiger partial charge is 0.486 e. The van der Waals surface area contributed by atoms with Crippen molar-refractivity contribution in [1.29, 1.82) is 0 Å². The minimum absolute atomic E-state index is 0.166. The molecule has 0 radical (unpaired) electrons. The standard InChI is InChI=1S/C14H15N3O3S/c15-10(8-21-14-16-4-3-13(18)17-14)9-1-2-11-12(7-9)20-6-5-19-11/h1-4,7,10H,5-6,8,15H2,(H,16,17,18). The smallest absolute Gasteiger partial charge is 0.251 e. The van der Waals surface area contributed by atoms with Crippen molar-refractivity contribution in [3.8, 4) is 11.5 Å². The molecule has 0 amide bonds. The van der Waals surface area contributed by atoms with E-state index < -0.39 is 0 Å². The van der Waals surface area contributed by atoms with E-state index in [0.717, 1.165) is 17.1 Å². The summed E-state index contributed by atoms with van der Waals surface area (Å²) >= 11 is 1.41. The zero-order valence-electron chi connectivity index (χ0n) is 11.2. The molecule has 1 aromatic carbocycles. The molecule has 1 unspecified atom stereocenters. The molecule has 2 aromatic rings. The number of ether oxygens (including phenoxy) is 2. The highest BCUT2D eigenvalue weighted by molar-refractivity contribution is 7.99. The Balaban J connectivity index is 1.67. The van der Waals surface area contributed by atoms with Gasteiger partial charge in [-0.05, 0) is 17.7 Å². The Kier molecular flexibility index (Phi) is 4.12. The van der Waals surface area contributed by atoms with Crippen molar-refractivity contribution in [3.05, 3.63) is 46.4 Å². The average molecular weight is 305 g/mol. The molecule has 1 atom stereocenters. The van der Waals surface area contributed by atoms with E-state index in [1.165, 1.54) is 24.0 Å². The monoisotopic (exact) mass is 305 g/mol. The number of nitrogens with one attached hydrogen (secondary N) is 1. The van der Waals surface area contributed by atoms with E-state index >= 15 is 0 Å². The summed E-state index contributed by atoms with van der Waals surface area (Å²) in [5.41, 5.74) is 6.97. The molecule has 0 bridgehead atoms. The Morgan fingerprint density at radius 3 is 2.90 bits per heavy atom. The van der Waals surface area contributed by atoms with Gasteiger partial charge in [0, 0.05) is 24.1 Å². The van der Waals surface area contributed by atoms with E-state index in [-0.39, 0.29) is 11.6 Å². The van der Waals surface area contributed by atoms with Gasteiger partial charge in [-0.25, -0.2) is 4.98 Å². The van der Waals surface area contributed by atoms with E-state index in [1.54, 1.807) is 0 Å². The molecule has 7 heteroatoms. The summed E-state index contributed by atoms with van der Waals surface area (Å²) in [6.07, 6.45) is 1.48. The van der Waals surface area contributed by atoms with Crippen LogP contribution in [-0.2, 0) is 0 Å². The number of fused-ring (bicyclic) bond motifs is 1. The molecule has 1 aliphatic heterocycles. The van der Waals surface area contributed by atoms with E-state index in [1.807, 2.05) is 18.2 Å². The minimum Gasteiger partial charge on any atom is -0.486 e. The summed E-state index contributed by atoms with van der Waals surface area (Å²) in [7, 11) is 0. The first-order valence-electron chi connectivity index (χ1n) is 6.55. The average Bonchev–Trinajstić information content (AvgIpc) is 2.52. The van der Waals surface area contributed by atoms with Crippen molar-refractivity contribution in [2.75, 3.05) is 19.0 Å². The molecule has 110 valence electrons. The number of hydrogen-bond acceptors (Lipinski definition) is 6. The Hall–Kier alpha value is -1.99. The number of aromatic amines is 1. The molecule has 1 aromatic heterocycles. The summed E-state index contributed by atoms with van der Waals surface area (Å²) < 4.78 is 11.0. The first-order chi connectivity index (χ1) is 10.2. The van der Waals surface area contributed by atoms with Gasteiger partial charge in [-0.15, -0.1) is 0 Å². The summed E-state index contributed by atoms with van der Waals surface area (Å²) in [4.78, 5) is 17.9. The Bertz CT molecular complexity index is 689. The van der Waals surface area contributed by atoms with Gasteiger partial charge in [-0.2, -0.15) is 0 Å². The molecule has 3 N–H and O–H groups in total. The Morgan fingerprint density at radius 2 is 2.10 bits per heavy atom. The van der Waals surface area contributed by atoms with Gasteiger partial charge in [-0.1, -0.05) is 17.8 Å². The Morgan fingerprint density at radius 1 is 1.29 bits per heavy atom. The number of aromatic nitrogens is 2. The zero-order valence-corrected chi connectivity index (χ0v) is 12.1. The Labute approximate surface area is 125 Å². The highest BCUT2D eigenvalue weighted by Gasteiger charge is 2.15. The minimum atomic E-state index is -0.184. The van der Waals surface area contributed by atoms with Crippen LogP contribution in [0.2, 0.25) is 0 Å². The lowest BCUT2D eigenvalue weighted by atomic mass is 10.1. The van der Waals surface area contributed by atoms with E-state index in [4.69, 9.17) is 15.2 Å². The van der Waals surface area contributed by atoms with Crippen LogP contribution in [0.5, 0.6) is 11.5 Å². The van der Waals surface area contributed by atoms with Gasteiger partial charge >= 0.3 is 0 Å². The third kappa shape index (κ3) is 3.37. The van der Waals surface area contributed by atoms with Gasteiger partial charge in [0.2, 0.25) is 0 Å². The van der Waals surface area contributed by atoms with Crippen molar-refractivity contribution < 1.29 is 9.47 Å². The number of nitrogens with zero attached hydrogens (tertiary/aromatic N) is 1. The molecule has 2 heterocycles. The first-order valence-corrected chi connectivity index (χ1v) is 7.54. The van der Waals surface area contributed by atoms with Crippen molar-refractivity contribution in [1.82, 2.24) is 9.97 Å². The molecule has 3 rings (SSSR count). The predicted molar refractivity (Wildman–Crippen MR) is 79.9 cm³/mol. The first kappa shape index (κ1) is 14.0. The number of thioether (sulfide) groups is 1. The molecular weight excluding hydrogens is 290 g/mol. The van der Waals surface area contributed by atoms with Crippen LogP contribution in [0.4, 0.5) is 0 Å². The molecule has 0 saturated carbocycles. The zero-order chi connectivity index (χ0) is 14.7. The van der Waals surface area contributed by atoms with Crippen molar-refractivity contribution in [2.24, 2.45) is 5.73 Å².